The van der Waals surface area contributed by atoms with Crippen molar-refractivity contribution in [2.24, 2.45) is 0 Å². The molecule has 0 aliphatic heterocycles. The molecular formula is C18H12Cl2NO2S-. The number of fused-ring (bicyclic) bond motifs is 1. The van der Waals surface area contributed by atoms with Crippen molar-refractivity contribution in [1.82, 2.24) is 4.98 Å². The summed E-state index contributed by atoms with van der Waals surface area (Å²) < 4.78 is 1.06. The molecular weight excluding hydrogens is 365 g/mol. The lowest BCUT2D eigenvalue weighted by Gasteiger charge is -2.06. The minimum absolute atomic E-state index is 0.0664. The van der Waals surface area contributed by atoms with E-state index in [0.717, 1.165) is 26.4 Å². The number of thiazole rings is 1. The number of carboxylic acids is 1. The van der Waals surface area contributed by atoms with Gasteiger partial charge in [-0.15, -0.1) is 11.3 Å². The Morgan fingerprint density at radius 2 is 1.92 bits per heavy atom. The smallest absolute Gasteiger partial charge is 0.120 e. The Kier molecular flexibility index (Phi) is 5.19. The minimum Gasteiger partial charge on any atom is -0.550 e. The highest BCUT2D eigenvalue weighted by Crippen LogP contribution is 2.32. The van der Waals surface area contributed by atoms with Gasteiger partial charge in [0.15, 0.2) is 0 Å². The molecule has 2 aromatic carbocycles. The lowest BCUT2D eigenvalue weighted by atomic mass is 10.1. The van der Waals surface area contributed by atoms with Crippen molar-refractivity contribution in [3.8, 4) is 0 Å². The van der Waals surface area contributed by atoms with E-state index in [1.54, 1.807) is 12.1 Å². The van der Waals surface area contributed by atoms with E-state index >= 15 is 0 Å². The Labute approximate surface area is 153 Å². The largest absolute Gasteiger partial charge is 0.550 e. The molecule has 0 spiro atoms. The summed E-state index contributed by atoms with van der Waals surface area (Å²) in [5.41, 5.74) is 2.57. The van der Waals surface area contributed by atoms with E-state index in [4.69, 9.17) is 23.2 Å². The Hall–Kier alpha value is -1.88. The first kappa shape index (κ1) is 17.0. The average Bonchev–Trinajstić information content (AvgIpc) is 2.98. The summed E-state index contributed by atoms with van der Waals surface area (Å²) in [6, 6.07) is 13.1. The molecule has 0 atom stereocenters. The van der Waals surface area contributed by atoms with Crippen LogP contribution in [0.15, 0.2) is 42.5 Å². The summed E-state index contributed by atoms with van der Waals surface area (Å²) in [7, 11) is 0. The van der Waals surface area contributed by atoms with Gasteiger partial charge in [-0.2, -0.15) is 0 Å². The van der Waals surface area contributed by atoms with Crippen LogP contribution in [0.2, 0.25) is 10.0 Å². The molecule has 0 amide bonds. The predicted molar refractivity (Wildman–Crippen MR) is 98.2 cm³/mol. The number of nitrogens with zero attached hydrogens (tertiary/aromatic N) is 1. The molecule has 122 valence electrons. The number of rotatable bonds is 5. The lowest BCUT2D eigenvalue weighted by molar-refractivity contribution is -0.305. The first-order valence-corrected chi connectivity index (χ1v) is 8.81. The first-order valence-electron chi connectivity index (χ1n) is 7.24. The van der Waals surface area contributed by atoms with Gasteiger partial charge in [-0.25, -0.2) is 4.98 Å². The van der Waals surface area contributed by atoms with Crippen LogP contribution in [0.1, 0.15) is 23.4 Å². The molecule has 0 aliphatic rings. The van der Waals surface area contributed by atoms with Crippen LogP contribution < -0.4 is 5.11 Å². The van der Waals surface area contributed by atoms with E-state index in [2.05, 4.69) is 4.98 Å². The van der Waals surface area contributed by atoms with Crippen molar-refractivity contribution in [3.05, 3.63) is 63.1 Å². The van der Waals surface area contributed by atoms with Gasteiger partial charge in [0.1, 0.15) is 5.01 Å². The van der Waals surface area contributed by atoms with E-state index in [9.17, 15) is 9.90 Å². The number of carbonyl (C=O) groups excluding carboxylic acids is 1. The van der Waals surface area contributed by atoms with Crippen LogP contribution >= 0.6 is 34.5 Å². The maximum Gasteiger partial charge on any atom is 0.120 e. The number of halogens is 2. The summed E-state index contributed by atoms with van der Waals surface area (Å²) in [5.74, 6) is -1.09. The van der Waals surface area contributed by atoms with Gasteiger partial charge in [0, 0.05) is 5.97 Å². The SMILES string of the molecule is O=C([O-])CC/C(=C\c1ccc(Cl)c(Cl)c1)c1nc2ccccc2s1. The molecule has 0 bridgehead atoms. The van der Waals surface area contributed by atoms with Gasteiger partial charge in [-0.05, 0) is 54.3 Å². The topological polar surface area (TPSA) is 53.0 Å². The third-order valence-electron chi connectivity index (χ3n) is 3.45. The fraction of sp³-hybridized carbons (Fsp3) is 0.111. The Bertz CT molecular complexity index is 901. The molecule has 0 radical (unpaired) electrons. The van der Waals surface area contributed by atoms with Gasteiger partial charge < -0.3 is 9.90 Å². The first-order chi connectivity index (χ1) is 11.5. The van der Waals surface area contributed by atoms with Crippen molar-refractivity contribution in [2.45, 2.75) is 12.8 Å². The number of carboxylic acid groups (broad SMARTS) is 1. The van der Waals surface area contributed by atoms with Crippen LogP contribution in [0.4, 0.5) is 0 Å². The van der Waals surface area contributed by atoms with Gasteiger partial charge in [-0.1, -0.05) is 41.4 Å². The van der Waals surface area contributed by atoms with Crippen molar-refractivity contribution in [1.29, 1.82) is 0 Å². The predicted octanol–water partition coefficient (Wildman–Crippen LogP) is 4.67. The third-order valence-corrected chi connectivity index (χ3v) is 5.30. The van der Waals surface area contributed by atoms with E-state index in [1.807, 2.05) is 36.4 Å². The highest BCUT2D eigenvalue weighted by atomic mass is 35.5. The second kappa shape index (κ2) is 7.34. The summed E-state index contributed by atoms with van der Waals surface area (Å²) in [4.78, 5) is 15.5. The molecule has 3 aromatic rings. The Balaban J connectivity index is 2.02. The van der Waals surface area contributed by atoms with Gasteiger partial charge in [0.25, 0.3) is 0 Å². The standard InChI is InChI=1S/C18H13Cl2NO2S/c19-13-7-5-11(10-14(13)20)9-12(6-8-17(22)23)18-21-15-3-1-2-4-16(15)24-18/h1-5,7,9-10H,6,8H2,(H,22,23)/p-1/b12-9+. The Morgan fingerprint density at radius 3 is 2.62 bits per heavy atom. The molecule has 0 unspecified atom stereocenters. The van der Waals surface area contributed by atoms with E-state index < -0.39 is 5.97 Å². The summed E-state index contributed by atoms with van der Waals surface area (Å²) >= 11 is 13.5. The molecule has 3 rings (SSSR count). The summed E-state index contributed by atoms with van der Waals surface area (Å²) in [6.07, 6.45) is 2.16. The second-order valence-corrected chi connectivity index (χ2v) is 7.05. The lowest BCUT2D eigenvalue weighted by Crippen LogP contribution is -2.21. The van der Waals surface area contributed by atoms with Crippen molar-refractivity contribution < 1.29 is 9.90 Å². The highest BCUT2D eigenvalue weighted by Gasteiger charge is 2.10. The molecule has 3 nitrogen and oxygen atoms in total. The van der Waals surface area contributed by atoms with Gasteiger partial charge >= 0.3 is 0 Å². The molecule has 24 heavy (non-hydrogen) atoms. The van der Waals surface area contributed by atoms with Gasteiger partial charge in [0.2, 0.25) is 0 Å². The van der Waals surface area contributed by atoms with Crippen LogP contribution in [0.25, 0.3) is 21.9 Å². The van der Waals surface area contributed by atoms with Crippen molar-refractivity contribution in [3.63, 3.8) is 0 Å². The number of hydrogen-bond donors (Lipinski definition) is 0. The fourth-order valence-corrected chi connectivity index (χ4v) is 3.61. The number of aliphatic carboxylic acids is 1. The maximum atomic E-state index is 10.9. The zero-order valence-corrected chi connectivity index (χ0v) is 14.8. The summed E-state index contributed by atoms with van der Waals surface area (Å²) in [5, 5.41) is 12.6. The third kappa shape index (κ3) is 3.96. The quantitative estimate of drug-likeness (QED) is 0.649. The zero-order chi connectivity index (χ0) is 17.1. The number of para-hydroxylation sites is 1. The van der Waals surface area contributed by atoms with Gasteiger partial charge in [0.05, 0.1) is 20.3 Å². The van der Waals surface area contributed by atoms with Gasteiger partial charge in [-0.3, -0.25) is 0 Å². The zero-order valence-electron chi connectivity index (χ0n) is 12.5. The van der Waals surface area contributed by atoms with Crippen LogP contribution in [-0.2, 0) is 4.79 Å². The number of benzene rings is 2. The molecule has 0 aliphatic carbocycles. The maximum absolute atomic E-state index is 10.9. The molecule has 1 aromatic heterocycles. The van der Waals surface area contributed by atoms with Crippen molar-refractivity contribution >= 4 is 62.4 Å². The number of carbonyl (C=O) groups is 1. The molecule has 0 N–H and O–H groups in total. The van der Waals surface area contributed by atoms with E-state index in [-0.39, 0.29) is 6.42 Å². The van der Waals surface area contributed by atoms with E-state index in [0.29, 0.717) is 16.5 Å². The molecule has 1 heterocycles. The van der Waals surface area contributed by atoms with Crippen LogP contribution in [-0.4, -0.2) is 11.0 Å². The van der Waals surface area contributed by atoms with Crippen LogP contribution in [0.5, 0.6) is 0 Å². The fourth-order valence-electron chi connectivity index (χ4n) is 2.29. The average molecular weight is 377 g/mol. The summed E-state index contributed by atoms with van der Waals surface area (Å²) in [6.45, 7) is 0. The normalized spacial score (nSPS) is 11.8. The molecule has 0 fully saturated rings. The van der Waals surface area contributed by atoms with Crippen molar-refractivity contribution in [2.75, 3.05) is 0 Å². The number of hydrogen-bond acceptors (Lipinski definition) is 4. The molecule has 0 saturated heterocycles. The second-order valence-electron chi connectivity index (χ2n) is 5.20. The molecule has 6 heteroatoms. The highest BCUT2D eigenvalue weighted by molar-refractivity contribution is 7.19. The monoisotopic (exact) mass is 376 g/mol. The van der Waals surface area contributed by atoms with E-state index in [1.165, 1.54) is 11.3 Å². The number of allylic oxidation sites excluding steroid dienone is 1. The molecule has 0 saturated carbocycles. The van der Waals surface area contributed by atoms with Crippen LogP contribution in [0.3, 0.4) is 0 Å². The number of aromatic nitrogens is 1. The Morgan fingerprint density at radius 1 is 1.12 bits per heavy atom. The van der Waals surface area contributed by atoms with Crippen LogP contribution in [0, 0.1) is 0 Å². The minimum atomic E-state index is -1.09.